The van der Waals surface area contributed by atoms with Crippen LogP contribution in [0.5, 0.6) is 0 Å². The lowest BCUT2D eigenvalue weighted by Crippen LogP contribution is -2.19. The number of amides is 2. The fourth-order valence-electron chi connectivity index (χ4n) is 0. The molecule has 0 aliphatic rings. The predicted octanol–water partition coefficient (Wildman–Crippen LogP) is -0.672. The number of urea groups is 1. The molecule has 4 nitrogen and oxygen atoms in total. The maximum Gasteiger partial charge on any atom is 0.326 e. The van der Waals surface area contributed by atoms with E-state index in [-0.39, 0.29) is 6.15 Å². The quantitative estimate of drug-likeness (QED) is 0.396. The van der Waals surface area contributed by atoms with Gasteiger partial charge in [-0.2, -0.15) is 0 Å². The average Bonchev–Trinajstić information content (AvgIpc) is 1.38. The Labute approximate surface area is 40.3 Å². The monoisotopic (exact) mass is 108 g/mol. The summed E-state index contributed by atoms with van der Waals surface area (Å²) < 4.78 is 0. The van der Waals surface area contributed by atoms with Gasteiger partial charge < -0.3 is 5.73 Å². The fourth-order valence-corrected chi connectivity index (χ4v) is 0. The molecule has 0 atom stereocenters. The summed E-state index contributed by atoms with van der Waals surface area (Å²) in [5.41, 5.74) is 4.41. The Kier molecular flexibility index (Phi) is 6.86. The van der Waals surface area contributed by atoms with Crippen molar-refractivity contribution in [3.05, 3.63) is 0 Å². The van der Waals surface area contributed by atoms with Crippen molar-refractivity contribution in [2.24, 2.45) is 5.73 Å². The van der Waals surface area contributed by atoms with E-state index in [4.69, 9.17) is 0 Å². The van der Waals surface area contributed by atoms with E-state index in [9.17, 15) is 4.79 Å². The number of carbonyl (C=O) groups excluding carboxylic acids is 1. The van der Waals surface area contributed by atoms with Gasteiger partial charge in [0.1, 0.15) is 0 Å². The van der Waals surface area contributed by atoms with Crippen LogP contribution in [0.25, 0.3) is 0 Å². The second-order valence-electron chi connectivity index (χ2n) is 0.459. The van der Waals surface area contributed by atoms with Crippen molar-refractivity contribution in [1.29, 1.82) is 0 Å². The summed E-state index contributed by atoms with van der Waals surface area (Å²) in [7, 11) is 0. The minimum Gasteiger partial charge on any atom is -0.351 e. The molecule has 0 aromatic heterocycles. The minimum atomic E-state index is -0.730. The molecule has 0 aliphatic carbocycles. The largest absolute Gasteiger partial charge is 0.351 e. The molecule has 0 rings (SSSR count). The molecule has 35 valence electrons. The fraction of sp³-hybridized carbons (Fsp3) is 0. The summed E-state index contributed by atoms with van der Waals surface area (Å²) in [6.45, 7) is 0. The van der Waals surface area contributed by atoms with Crippen LogP contribution >= 0.6 is 11.8 Å². The molecule has 2 amide bonds. The third-order valence-electron chi connectivity index (χ3n) is 0.0931. The average molecular weight is 109 g/mol. The molecule has 3 radical (unpaired) electrons. The third kappa shape index (κ3) is 9.68. The van der Waals surface area contributed by atoms with Crippen molar-refractivity contribution in [1.82, 2.24) is 11.0 Å². The van der Waals surface area contributed by atoms with Crippen molar-refractivity contribution in [3.8, 4) is 0 Å². The minimum absolute atomic E-state index is 0. The molecule has 0 spiro atoms. The van der Waals surface area contributed by atoms with E-state index in [0.29, 0.717) is 0 Å². The molecule has 0 aliphatic heterocycles. The van der Waals surface area contributed by atoms with E-state index >= 15 is 0 Å². The van der Waals surface area contributed by atoms with Crippen LogP contribution in [0.4, 0.5) is 4.79 Å². The molecule has 0 bridgehead atoms. The molecule has 0 fully saturated rings. The second-order valence-corrected chi connectivity index (χ2v) is 0.648. The number of halogens is 1. The van der Waals surface area contributed by atoms with Gasteiger partial charge in [0.25, 0.3) is 0 Å². The van der Waals surface area contributed by atoms with Crippen LogP contribution in [0.15, 0.2) is 0 Å². The molecule has 0 unspecified atom stereocenters. The SMILES string of the molecule is NC(=O)NCl.[N]. The third-order valence-corrected chi connectivity index (χ3v) is 0.279. The lowest BCUT2D eigenvalue weighted by Gasteiger charge is -1.76. The van der Waals surface area contributed by atoms with Crippen molar-refractivity contribution in [2.75, 3.05) is 0 Å². The summed E-state index contributed by atoms with van der Waals surface area (Å²) >= 11 is 4.61. The molecule has 0 heterocycles. The predicted molar refractivity (Wildman–Crippen MR) is 20.7 cm³/mol. The lowest BCUT2D eigenvalue weighted by atomic mass is 11.2. The van der Waals surface area contributed by atoms with E-state index in [0.717, 1.165) is 0 Å². The summed E-state index contributed by atoms with van der Waals surface area (Å²) in [6.07, 6.45) is 0. The zero-order valence-electron chi connectivity index (χ0n) is 2.81. The van der Waals surface area contributed by atoms with E-state index in [1.165, 1.54) is 0 Å². The highest BCUT2D eigenvalue weighted by Crippen LogP contribution is 1.54. The highest BCUT2D eigenvalue weighted by Gasteiger charge is 1.75. The number of primary amides is 1. The van der Waals surface area contributed by atoms with Crippen LogP contribution in [-0.2, 0) is 0 Å². The van der Waals surface area contributed by atoms with Crippen LogP contribution in [0.1, 0.15) is 0 Å². The standard InChI is InChI=1S/CH3ClN2O.N/c2-4-1(3)5;/h(H3,3,4,5);. The zero-order valence-corrected chi connectivity index (χ0v) is 3.57. The van der Waals surface area contributed by atoms with Crippen LogP contribution in [-0.4, -0.2) is 6.03 Å². The number of hydrogen-bond donors (Lipinski definition) is 2. The Bertz CT molecular complexity index is 46.1. The summed E-state index contributed by atoms with van der Waals surface area (Å²) in [5, 5.41) is 0. The lowest BCUT2D eigenvalue weighted by molar-refractivity contribution is 0.254. The van der Waals surface area contributed by atoms with E-state index < -0.39 is 6.03 Å². The Hall–Kier alpha value is -0.480. The molecule has 0 saturated heterocycles. The number of nitrogens with zero attached hydrogens (tertiary/aromatic N) is 1. The smallest absolute Gasteiger partial charge is 0.326 e. The molecule has 0 saturated carbocycles. The van der Waals surface area contributed by atoms with Crippen molar-refractivity contribution >= 4 is 17.8 Å². The number of carbonyl (C=O) groups is 1. The maximum absolute atomic E-state index is 9.35. The van der Waals surface area contributed by atoms with Crippen LogP contribution < -0.4 is 16.7 Å². The van der Waals surface area contributed by atoms with Gasteiger partial charge in [-0.25, -0.2) is 4.79 Å². The van der Waals surface area contributed by atoms with E-state index in [2.05, 4.69) is 17.5 Å². The highest BCUT2D eigenvalue weighted by atomic mass is 35.5. The van der Waals surface area contributed by atoms with Gasteiger partial charge in [-0.3, -0.25) is 4.84 Å². The van der Waals surface area contributed by atoms with Crippen LogP contribution in [0.2, 0.25) is 0 Å². The van der Waals surface area contributed by atoms with Crippen molar-refractivity contribution in [3.63, 3.8) is 0 Å². The number of hydrogen-bond acceptors (Lipinski definition) is 1. The highest BCUT2D eigenvalue weighted by molar-refractivity contribution is 6.20. The van der Waals surface area contributed by atoms with Gasteiger partial charge in [-0.1, -0.05) is 0 Å². The number of nitrogens with two attached hydrogens (primary N) is 1. The number of nitrogens with one attached hydrogen (secondary N) is 1. The van der Waals surface area contributed by atoms with Gasteiger partial charge in [0.2, 0.25) is 0 Å². The first-order valence-corrected chi connectivity index (χ1v) is 1.31. The van der Waals surface area contributed by atoms with Gasteiger partial charge >= 0.3 is 6.03 Å². The molecule has 6 heavy (non-hydrogen) atoms. The summed E-state index contributed by atoms with van der Waals surface area (Å²) in [5.74, 6) is 0. The van der Waals surface area contributed by atoms with Crippen molar-refractivity contribution in [2.45, 2.75) is 0 Å². The van der Waals surface area contributed by atoms with Gasteiger partial charge in [0.05, 0.1) is 0 Å². The van der Waals surface area contributed by atoms with Gasteiger partial charge in [0, 0.05) is 17.9 Å². The van der Waals surface area contributed by atoms with Gasteiger partial charge in [0.15, 0.2) is 0 Å². The normalized spacial score (nSPS) is 5.50. The Morgan fingerprint density at radius 2 is 2.00 bits per heavy atom. The maximum atomic E-state index is 9.35. The van der Waals surface area contributed by atoms with Crippen molar-refractivity contribution < 1.29 is 4.79 Å². The molecule has 3 N–H and O–H groups in total. The Balaban J connectivity index is 0. The zero-order chi connectivity index (χ0) is 4.28. The first-order chi connectivity index (χ1) is 2.27. The van der Waals surface area contributed by atoms with E-state index in [1.807, 2.05) is 0 Å². The Morgan fingerprint density at radius 3 is 2.00 bits per heavy atom. The molecular weight excluding hydrogens is 105 g/mol. The number of rotatable bonds is 0. The van der Waals surface area contributed by atoms with Crippen LogP contribution in [0.3, 0.4) is 0 Å². The topological polar surface area (TPSA) is 85.6 Å². The second kappa shape index (κ2) is 4.52. The first-order valence-electron chi connectivity index (χ1n) is 0.932. The van der Waals surface area contributed by atoms with Crippen LogP contribution in [0, 0.1) is 0 Å². The first kappa shape index (κ1) is 9.10. The molecule has 0 aromatic carbocycles. The summed E-state index contributed by atoms with van der Waals surface area (Å²) in [4.78, 5) is 11.0. The molecular formula is CH3ClN3O. The Morgan fingerprint density at radius 1 is 1.83 bits per heavy atom. The molecule has 5 heteroatoms. The summed E-state index contributed by atoms with van der Waals surface area (Å²) in [6, 6.07) is -0.730. The van der Waals surface area contributed by atoms with Gasteiger partial charge in [-0.15, -0.1) is 0 Å². The van der Waals surface area contributed by atoms with E-state index in [1.54, 1.807) is 4.84 Å². The molecule has 0 aromatic rings. The van der Waals surface area contributed by atoms with Gasteiger partial charge in [-0.05, 0) is 0 Å².